The molecule has 2 aromatic carbocycles. The highest BCUT2D eigenvalue weighted by molar-refractivity contribution is 14.1. The summed E-state index contributed by atoms with van der Waals surface area (Å²) >= 11 is 2.17. The fraction of sp³-hybridized carbons (Fsp3) is 0.208. The number of nitriles is 2. The molecule has 0 bridgehead atoms. The molecule has 0 aromatic heterocycles. The Morgan fingerprint density at radius 2 is 1.97 bits per heavy atom. The summed E-state index contributed by atoms with van der Waals surface area (Å²) in [5.41, 5.74) is 8.97. The standard InChI is InChI=1S/C24H18IN3O3/c25-18-10-14(8-9-20(18)30-13-16-5-2-1-4-15(16)11-26)22-17(12-27)24(28)31-21-7-3-6-19(29)23(21)22/h1-2,4-5,8-10,22H,3,6-7,13,28H2/t22-/m0/s1. The van der Waals surface area contributed by atoms with Gasteiger partial charge in [-0.15, -0.1) is 0 Å². The minimum Gasteiger partial charge on any atom is -0.488 e. The Labute approximate surface area is 193 Å². The number of allylic oxidation sites excluding steroid dienone is 3. The number of hydrogen-bond donors (Lipinski definition) is 1. The van der Waals surface area contributed by atoms with Crippen LogP contribution >= 0.6 is 22.6 Å². The maximum absolute atomic E-state index is 12.7. The minimum atomic E-state index is -0.538. The summed E-state index contributed by atoms with van der Waals surface area (Å²) in [4.78, 5) is 12.7. The number of halogens is 1. The van der Waals surface area contributed by atoms with E-state index in [2.05, 4.69) is 34.7 Å². The maximum Gasteiger partial charge on any atom is 0.205 e. The summed E-state index contributed by atoms with van der Waals surface area (Å²) in [5, 5.41) is 18.9. The zero-order valence-electron chi connectivity index (χ0n) is 16.5. The van der Waals surface area contributed by atoms with E-state index in [1.54, 1.807) is 6.07 Å². The second-order valence-corrected chi connectivity index (χ2v) is 8.45. The number of hydrogen-bond acceptors (Lipinski definition) is 6. The van der Waals surface area contributed by atoms with Crippen molar-refractivity contribution in [2.75, 3.05) is 0 Å². The lowest BCUT2D eigenvalue weighted by molar-refractivity contribution is -0.116. The Balaban J connectivity index is 1.65. The van der Waals surface area contributed by atoms with E-state index in [1.165, 1.54) is 0 Å². The summed E-state index contributed by atoms with van der Waals surface area (Å²) in [6, 6.07) is 17.2. The fourth-order valence-corrected chi connectivity index (χ4v) is 4.61. The van der Waals surface area contributed by atoms with E-state index in [4.69, 9.17) is 15.2 Å². The van der Waals surface area contributed by atoms with Gasteiger partial charge >= 0.3 is 0 Å². The number of carbonyl (C=O) groups is 1. The molecule has 2 N–H and O–H groups in total. The van der Waals surface area contributed by atoms with Gasteiger partial charge in [0.1, 0.15) is 29.8 Å². The molecule has 0 fully saturated rings. The van der Waals surface area contributed by atoms with E-state index in [9.17, 15) is 15.3 Å². The van der Waals surface area contributed by atoms with Crippen LogP contribution in [0.4, 0.5) is 0 Å². The molecule has 0 amide bonds. The van der Waals surface area contributed by atoms with Crippen LogP contribution < -0.4 is 10.5 Å². The molecule has 7 heteroatoms. The first-order chi connectivity index (χ1) is 15.0. The molecule has 2 aliphatic rings. The molecule has 4 rings (SSSR count). The van der Waals surface area contributed by atoms with Crippen LogP contribution in [-0.2, 0) is 16.1 Å². The van der Waals surface area contributed by atoms with Crippen molar-refractivity contribution in [3.05, 3.63) is 85.5 Å². The predicted octanol–water partition coefficient (Wildman–Crippen LogP) is 4.56. The maximum atomic E-state index is 12.7. The number of ketones is 1. The molecular weight excluding hydrogens is 505 g/mol. The minimum absolute atomic E-state index is 0.00468. The molecule has 1 aliphatic heterocycles. The van der Waals surface area contributed by atoms with Crippen LogP contribution in [0.3, 0.4) is 0 Å². The van der Waals surface area contributed by atoms with Crippen molar-refractivity contribution in [1.82, 2.24) is 0 Å². The topological polar surface area (TPSA) is 109 Å². The van der Waals surface area contributed by atoms with Gasteiger partial charge in [0.05, 0.1) is 21.1 Å². The van der Waals surface area contributed by atoms with Crippen molar-refractivity contribution in [1.29, 1.82) is 10.5 Å². The molecular formula is C24H18IN3O3. The smallest absolute Gasteiger partial charge is 0.205 e. The van der Waals surface area contributed by atoms with Crippen LogP contribution in [0.2, 0.25) is 0 Å². The lowest BCUT2D eigenvalue weighted by atomic mass is 9.77. The van der Waals surface area contributed by atoms with Gasteiger partial charge in [-0.05, 0) is 52.8 Å². The highest BCUT2D eigenvalue weighted by atomic mass is 127. The van der Waals surface area contributed by atoms with Gasteiger partial charge in [0.25, 0.3) is 0 Å². The predicted molar refractivity (Wildman–Crippen MR) is 121 cm³/mol. The van der Waals surface area contributed by atoms with E-state index in [-0.39, 0.29) is 23.8 Å². The van der Waals surface area contributed by atoms with Crippen LogP contribution in [-0.4, -0.2) is 5.78 Å². The Bertz CT molecular complexity index is 1220. The number of nitrogens with two attached hydrogens (primary N) is 1. The van der Waals surface area contributed by atoms with Crippen LogP contribution in [0, 0.1) is 26.2 Å². The largest absolute Gasteiger partial charge is 0.488 e. The highest BCUT2D eigenvalue weighted by Crippen LogP contribution is 2.44. The molecule has 0 spiro atoms. The van der Waals surface area contributed by atoms with Crippen molar-refractivity contribution < 1.29 is 14.3 Å². The summed E-state index contributed by atoms with van der Waals surface area (Å²) < 4.78 is 12.4. The SMILES string of the molecule is N#CC1=C(N)OC2=C(C(=O)CCC2)[C@H]1c1ccc(OCc2ccccc2C#N)c(I)c1. The third kappa shape index (κ3) is 4.01. The Kier molecular flexibility index (Phi) is 5.97. The van der Waals surface area contributed by atoms with E-state index < -0.39 is 5.92 Å². The van der Waals surface area contributed by atoms with Gasteiger partial charge in [0, 0.05) is 24.0 Å². The number of rotatable bonds is 4. The van der Waals surface area contributed by atoms with Crippen molar-refractivity contribution in [2.24, 2.45) is 5.73 Å². The van der Waals surface area contributed by atoms with Gasteiger partial charge in [-0.3, -0.25) is 4.79 Å². The Morgan fingerprint density at radius 3 is 2.71 bits per heavy atom. The molecule has 154 valence electrons. The van der Waals surface area contributed by atoms with Crippen LogP contribution in [0.5, 0.6) is 5.75 Å². The molecule has 1 atom stereocenters. The molecule has 6 nitrogen and oxygen atoms in total. The summed E-state index contributed by atoms with van der Waals surface area (Å²) in [5.74, 6) is 0.743. The van der Waals surface area contributed by atoms with Crippen molar-refractivity contribution in [3.63, 3.8) is 0 Å². The number of benzene rings is 2. The van der Waals surface area contributed by atoms with Gasteiger partial charge < -0.3 is 15.2 Å². The highest BCUT2D eigenvalue weighted by Gasteiger charge is 2.38. The number of carbonyl (C=O) groups excluding carboxylic acids is 1. The molecule has 1 aliphatic carbocycles. The molecule has 0 saturated carbocycles. The zero-order chi connectivity index (χ0) is 22.0. The van der Waals surface area contributed by atoms with Crippen LogP contribution in [0.25, 0.3) is 0 Å². The van der Waals surface area contributed by atoms with Gasteiger partial charge in [-0.25, -0.2) is 0 Å². The average molecular weight is 523 g/mol. The second-order valence-electron chi connectivity index (χ2n) is 7.29. The van der Waals surface area contributed by atoms with E-state index >= 15 is 0 Å². The second kappa shape index (κ2) is 8.83. The summed E-state index contributed by atoms with van der Waals surface area (Å²) in [7, 11) is 0. The van der Waals surface area contributed by atoms with Crippen molar-refractivity contribution in [3.8, 4) is 17.9 Å². The van der Waals surface area contributed by atoms with Crippen molar-refractivity contribution >= 4 is 28.4 Å². The third-order valence-corrected chi connectivity index (χ3v) is 6.26. The van der Waals surface area contributed by atoms with E-state index in [0.29, 0.717) is 41.9 Å². The third-order valence-electron chi connectivity index (χ3n) is 5.42. The molecule has 1 heterocycles. The lowest BCUT2D eigenvalue weighted by Gasteiger charge is -2.31. The number of nitrogens with zero attached hydrogens (tertiary/aromatic N) is 2. The van der Waals surface area contributed by atoms with E-state index in [1.807, 2.05) is 36.4 Å². The molecule has 0 saturated heterocycles. The molecule has 2 aromatic rings. The van der Waals surface area contributed by atoms with Crippen LogP contribution in [0.1, 0.15) is 41.9 Å². The first-order valence-electron chi connectivity index (χ1n) is 9.77. The normalized spacial score (nSPS) is 18.0. The number of Topliss-reactive ketones (excluding diaryl/α,β-unsaturated/α-hetero) is 1. The van der Waals surface area contributed by atoms with Gasteiger partial charge in [-0.1, -0.05) is 24.3 Å². The fourth-order valence-electron chi connectivity index (χ4n) is 3.91. The summed E-state index contributed by atoms with van der Waals surface area (Å²) in [6.45, 7) is 0.264. The first kappa shape index (κ1) is 21.0. The molecule has 0 radical (unpaired) electrons. The molecule has 0 unspecified atom stereocenters. The lowest BCUT2D eigenvalue weighted by Crippen LogP contribution is -2.27. The van der Waals surface area contributed by atoms with E-state index in [0.717, 1.165) is 14.7 Å². The van der Waals surface area contributed by atoms with Crippen molar-refractivity contribution in [2.45, 2.75) is 31.8 Å². The quantitative estimate of drug-likeness (QED) is 0.589. The Hall–Kier alpha value is -3.30. The van der Waals surface area contributed by atoms with Crippen LogP contribution in [0.15, 0.2) is 65.3 Å². The first-order valence-corrected chi connectivity index (χ1v) is 10.9. The average Bonchev–Trinajstić information content (AvgIpc) is 2.77. The van der Waals surface area contributed by atoms with Gasteiger partial charge in [0.15, 0.2) is 5.78 Å². The van der Waals surface area contributed by atoms with Gasteiger partial charge in [0.2, 0.25) is 5.88 Å². The zero-order valence-corrected chi connectivity index (χ0v) is 18.7. The number of ether oxygens (including phenoxy) is 2. The van der Waals surface area contributed by atoms with Gasteiger partial charge in [-0.2, -0.15) is 10.5 Å². The summed E-state index contributed by atoms with van der Waals surface area (Å²) in [6.07, 6.45) is 1.79. The molecule has 31 heavy (non-hydrogen) atoms. The monoisotopic (exact) mass is 523 g/mol. The Morgan fingerprint density at radius 1 is 1.16 bits per heavy atom.